The zero-order chi connectivity index (χ0) is 36.6. The van der Waals surface area contributed by atoms with Gasteiger partial charge in [0.15, 0.2) is 0 Å². The smallest absolute Gasteiger partial charge is 0.149 e. The normalized spacial score (nSPS) is 11.2. The molecule has 1 N–H and O–H groups in total. The predicted molar refractivity (Wildman–Crippen MR) is 223 cm³/mol. The molecule has 0 radical (unpaired) electrons. The first kappa shape index (κ1) is 32.8. The third kappa shape index (κ3) is 6.14. The molecule has 4 nitrogen and oxygen atoms in total. The van der Waals surface area contributed by atoms with Crippen LogP contribution in [0.25, 0.3) is 83.9 Å². The highest BCUT2D eigenvalue weighted by Gasteiger charge is 2.22. The van der Waals surface area contributed by atoms with Gasteiger partial charge < -0.3 is 5.11 Å². The summed E-state index contributed by atoms with van der Waals surface area (Å²) in [6.45, 7) is 4.23. The third-order valence-corrected chi connectivity index (χ3v) is 10.1. The second-order valence-corrected chi connectivity index (χ2v) is 13.8. The molecule has 0 atom stereocenters. The summed E-state index contributed by atoms with van der Waals surface area (Å²) in [5.41, 5.74) is 16.4. The van der Waals surface area contributed by atoms with Crippen molar-refractivity contribution in [2.45, 2.75) is 13.8 Å². The first-order valence-corrected chi connectivity index (χ1v) is 18.2. The van der Waals surface area contributed by atoms with E-state index in [-0.39, 0.29) is 5.75 Å². The van der Waals surface area contributed by atoms with Gasteiger partial charge in [-0.2, -0.15) is 0 Å². The molecule has 0 aliphatic rings. The van der Waals surface area contributed by atoms with Gasteiger partial charge in [0, 0.05) is 22.9 Å². The molecule has 258 valence electrons. The minimum atomic E-state index is 0.178. The van der Waals surface area contributed by atoms with Crippen molar-refractivity contribution in [2.24, 2.45) is 0 Å². The average Bonchev–Trinajstić information content (AvgIpc) is 3.61. The summed E-state index contributed by atoms with van der Waals surface area (Å²) in [5, 5.41) is 11.3. The Labute approximate surface area is 315 Å². The molecule has 0 fully saturated rings. The molecular formula is C50H37N3O. The van der Waals surface area contributed by atoms with E-state index in [1.165, 1.54) is 5.56 Å². The first-order chi connectivity index (χ1) is 26.5. The Morgan fingerprint density at radius 1 is 0.444 bits per heavy atom. The topological polar surface area (TPSA) is 50.9 Å². The monoisotopic (exact) mass is 695 g/mol. The van der Waals surface area contributed by atoms with E-state index in [0.717, 1.165) is 78.0 Å². The molecule has 0 spiro atoms. The number of phenolic OH excluding ortho intramolecular Hbond substituents is 1. The molecule has 0 amide bonds. The maximum Gasteiger partial charge on any atom is 0.149 e. The van der Waals surface area contributed by atoms with Crippen molar-refractivity contribution in [1.29, 1.82) is 0 Å². The number of benzene rings is 7. The highest BCUT2D eigenvalue weighted by Crippen LogP contribution is 2.41. The highest BCUT2D eigenvalue weighted by atomic mass is 16.3. The summed E-state index contributed by atoms with van der Waals surface area (Å²) in [6.07, 6.45) is 1.90. The maximum atomic E-state index is 11.3. The van der Waals surface area contributed by atoms with Crippen LogP contribution in [-0.4, -0.2) is 19.6 Å². The standard InChI is InChI=1S/C50H37N3O/c1-33-20-23-36(24-21-33)38-26-27-51-45(32-38)41-30-39(35-12-5-3-6-13-35)29-40(31-41)42-17-11-18-47-49(42)52-50(43-16-9-10-19-48(43)54)53(47)46-25-22-34(2)28-44(46)37-14-7-4-8-15-37/h3-32,54H,1-2H3. The Hall–Kier alpha value is -7.04. The molecule has 9 rings (SSSR count). The largest absolute Gasteiger partial charge is 0.507 e. The zero-order valence-corrected chi connectivity index (χ0v) is 30.1. The molecule has 0 bridgehead atoms. The first-order valence-electron chi connectivity index (χ1n) is 18.2. The minimum Gasteiger partial charge on any atom is -0.507 e. The lowest BCUT2D eigenvalue weighted by atomic mass is 9.93. The Morgan fingerprint density at radius 3 is 1.87 bits per heavy atom. The van der Waals surface area contributed by atoms with Gasteiger partial charge in [-0.3, -0.25) is 9.55 Å². The summed E-state index contributed by atoms with van der Waals surface area (Å²) in [4.78, 5) is 10.3. The van der Waals surface area contributed by atoms with Gasteiger partial charge in [-0.25, -0.2) is 4.98 Å². The van der Waals surface area contributed by atoms with Crippen molar-refractivity contribution in [3.05, 3.63) is 193 Å². The van der Waals surface area contributed by atoms with Crippen molar-refractivity contribution >= 4 is 11.0 Å². The fraction of sp³-hybridized carbons (Fsp3) is 0.0400. The van der Waals surface area contributed by atoms with Gasteiger partial charge >= 0.3 is 0 Å². The summed E-state index contributed by atoms with van der Waals surface area (Å²) in [6, 6.07) is 60.8. The Bertz CT molecular complexity index is 2780. The second-order valence-electron chi connectivity index (χ2n) is 13.8. The Morgan fingerprint density at radius 2 is 1.09 bits per heavy atom. The van der Waals surface area contributed by atoms with Gasteiger partial charge in [-0.1, -0.05) is 126 Å². The van der Waals surface area contributed by atoms with Crippen LogP contribution < -0.4 is 0 Å². The van der Waals surface area contributed by atoms with Gasteiger partial charge in [0.2, 0.25) is 0 Å². The zero-order valence-electron chi connectivity index (χ0n) is 30.1. The van der Waals surface area contributed by atoms with Crippen LogP contribution in [0.2, 0.25) is 0 Å². The second kappa shape index (κ2) is 13.8. The van der Waals surface area contributed by atoms with Crippen molar-refractivity contribution in [2.75, 3.05) is 0 Å². The number of para-hydroxylation sites is 2. The lowest BCUT2D eigenvalue weighted by Gasteiger charge is -2.16. The minimum absolute atomic E-state index is 0.178. The summed E-state index contributed by atoms with van der Waals surface area (Å²) in [7, 11) is 0. The quantitative estimate of drug-likeness (QED) is 0.181. The van der Waals surface area contributed by atoms with Crippen LogP contribution >= 0.6 is 0 Å². The fourth-order valence-corrected chi connectivity index (χ4v) is 7.36. The van der Waals surface area contributed by atoms with Crippen molar-refractivity contribution in [3.8, 4) is 78.6 Å². The van der Waals surface area contributed by atoms with Gasteiger partial charge in [0.05, 0.1) is 28.0 Å². The summed E-state index contributed by atoms with van der Waals surface area (Å²) in [5.74, 6) is 0.848. The van der Waals surface area contributed by atoms with E-state index in [4.69, 9.17) is 9.97 Å². The molecule has 2 aromatic heterocycles. The van der Waals surface area contributed by atoms with E-state index in [0.29, 0.717) is 11.4 Å². The third-order valence-electron chi connectivity index (χ3n) is 10.1. The predicted octanol–water partition coefficient (Wildman–Crippen LogP) is 12.7. The van der Waals surface area contributed by atoms with Crippen molar-refractivity contribution < 1.29 is 5.11 Å². The number of aryl methyl sites for hydroxylation is 2. The number of aromatic hydroxyl groups is 1. The number of hydrogen-bond acceptors (Lipinski definition) is 3. The number of phenols is 1. The van der Waals surface area contributed by atoms with Crippen LogP contribution in [0.3, 0.4) is 0 Å². The van der Waals surface area contributed by atoms with E-state index in [1.54, 1.807) is 6.07 Å². The van der Waals surface area contributed by atoms with E-state index in [1.807, 2.05) is 36.5 Å². The van der Waals surface area contributed by atoms with Crippen LogP contribution in [0, 0.1) is 13.8 Å². The number of rotatable bonds is 7. The molecule has 54 heavy (non-hydrogen) atoms. The van der Waals surface area contributed by atoms with Crippen molar-refractivity contribution in [1.82, 2.24) is 14.5 Å². The van der Waals surface area contributed by atoms with E-state index in [9.17, 15) is 5.11 Å². The van der Waals surface area contributed by atoms with Crippen LogP contribution in [-0.2, 0) is 0 Å². The van der Waals surface area contributed by atoms with E-state index >= 15 is 0 Å². The molecule has 4 heteroatoms. The average molecular weight is 696 g/mol. The van der Waals surface area contributed by atoms with Gasteiger partial charge in [-0.15, -0.1) is 0 Å². The van der Waals surface area contributed by atoms with Crippen LogP contribution in [0.1, 0.15) is 11.1 Å². The SMILES string of the molecule is Cc1ccc(-c2ccnc(-c3cc(-c4ccccc4)cc(-c4cccc5c4nc(-c4ccccc4O)n5-c4ccc(C)cc4-c4ccccc4)c3)c2)cc1. The molecule has 0 saturated heterocycles. The molecule has 0 aliphatic heterocycles. The Balaban J connectivity index is 1.29. The van der Waals surface area contributed by atoms with Gasteiger partial charge in [0.25, 0.3) is 0 Å². The van der Waals surface area contributed by atoms with Crippen LogP contribution in [0.15, 0.2) is 182 Å². The molecule has 0 saturated carbocycles. The van der Waals surface area contributed by atoms with Crippen LogP contribution in [0.5, 0.6) is 5.75 Å². The highest BCUT2D eigenvalue weighted by molar-refractivity contribution is 5.98. The molecular weight excluding hydrogens is 659 g/mol. The molecule has 0 aliphatic carbocycles. The Kier molecular flexibility index (Phi) is 8.41. The number of aromatic nitrogens is 3. The lowest BCUT2D eigenvalue weighted by Crippen LogP contribution is -2.01. The van der Waals surface area contributed by atoms with E-state index in [2.05, 4.69) is 158 Å². The number of hydrogen-bond donors (Lipinski definition) is 1. The lowest BCUT2D eigenvalue weighted by molar-refractivity contribution is 0.477. The number of imidazole rings is 1. The summed E-state index contributed by atoms with van der Waals surface area (Å²) < 4.78 is 2.20. The van der Waals surface area contributed by atoms with Gasteiger partial charge in [-0.05, 0) is 108 Å². The number of fused-ring (bicyclic) bond motifs is 1. The fourth-order valence-electron chi connectivity index (χ4n) is 7.36. The summed E-state index contributed by atoms with van der Waals surface area (Å²) >= 11 is 0. The number of nitrogens with zero attached hydrogens (tertiary/aromatic N) is 3. The number of pyridine rings is 1. The molecule has 2 heterocycles. The molecule has 0 unspecified atom stereocenters. The maximum absolute atomic E-state index is 11.3. The van der Waals surface area contributed by atoms with E-state index < -0.39 is 0 Å². The molecule has 9 aromatic rings. The van der Waals surface area contributed by atoms with Gasteiger partial charge in [0.1, 0.15) is 11.6 Å². The molecule has 7 aromatic carbocycles. The van der Waals surface area contributed by atoms with Crippen LogP contribution in [0.4, 0.5) is 0 Å². The van der Waals surface area contributed by atoms with Crippen molar-refractivity contribution in [3.63, 3.8) is 0 Å².